The van der Waals surface area contributed by atoms with Gasteiger partial charge in [-0.25, -0.2) is 0 Å². The van der Waals surface area contributed by atoms with Crippen molar-refractivity contribution in [2.24, 2.45) is 0 Å². The highest BCUT2D eigenvalue weighted by Gasteiger charge is 2.24. The summed E-state index contributed by atoms with van der Waals surface area (Å²) in [5.41, 5.74) is 2.60. The molecule has 1 amide bonds. The molecule has 1 heterocycles. The average molecular weight is 376 g/mol. The minimum Gasteiger partial charge on any atom is -0.496 e. The summed E-state index contributed by atoms with van der Waals surface area (Å²) in [6.07, 6.45) is 0.748. The van der Waals surface area contributed by atoms with E-state index >= 15 is 0 Å². The van der Waals surface area contributed by atoms with Gasteiger partial charge in [0.05, 0.1) is 19.8 Å². The first-order valence-electron chi connectivity index (χ1n) is 7.46. The van der Waals surface area contributed by atoms with Gasteiger partial charge in [-0.2, -0.15) is 0 Å². The van der Waals surface area contributed by atoms with Crippen molar-refractivity contribution in [2.75, 3.05) is 13.7 Å². The predicted octanol–water partition coefficient (Wildman–Crippen LogP) is 4.02. The van der Waals surface area contributed by atoms with Crippen LogP contribution in [0.3, 0.4) is 0 Å². The number of carbonyl (C=O) groups excluding carboxylic acids is 1. The molecule has 0 radical (unpaired) electrons. The van der Waals surface area contributed by atoms with E-state index in [2.05, 4.69) is 21.2 Å². The maximum Gasteiger partial charge on any atom is 0.251 e. The van der Waals surface area contributed by atoms with E-state index in [4.69, 9.17) is 9.47 Å². The molecule has 1 N–H and O–H groups in total. The van der Waals surface area contributed by atoms with Crippen molar-refractivity contribution in [1.82, 2.24) is 5.32 Å². The molecule has 1 atom stereocenters. The summed E-state index contributed by atoms with van der Waals surface area (Å²) >= 11 is 3.47. The lowest BCUT2D eigenvalue weighted by atomic mass is 10.00. The summed E-state index contributed by atoms with van der Waals surface area (Å²) in [6.45, 7) is 2.55. The minimum absolute atomic E-state index is 0.0592. The van der Waals surface area contributed by atoms with Crippen LogP contribution in [0, 0.1) is 6.92 Å². The smallest absolute Gasteiger partial charge is 0.251 e. The zero-order valence-corrected chi connectivity index (χ0v) is 14.6. The molecule has 23 heavy (non-hydrogen) atoms. The SMILES string of the molecule is COc1cc(C(=O)NC2CCOc3ccc(Br)cc32)ccc1C. The average Bonchev–Trinajstić information content (AvgIpc) is 2.55. The molecule has 120 valence electrons. The van der Waals surface area contributed by atoms with Crippen LogP contribution < -0.4 is 14.8 Å². The number of benzene rings is 2. The third kappa shape index (κ3) is 3.34. The third-order valence-corrected chi connectivity index (χ3v) is 4.48. The summed E-state index contributed by atoms with van der Waals surface area (Å²) in [5, 5.41) is 3.09. The monoisotopic (exact) mass is 375 g/mol. The van der Waals surface area contributed by atoms with Gasteiger partial charge in [0.15, 0.2) is 0 Å². The molecule has 0 bridgehead atoms. The van der Waals surface area contributed by atoms with Crippen LogP contribution in [0.4, 0.5) is 0 Å². The molecule has 0 spiro atoms. The zero-order chi connectivity index (χ0) is 16.4. The van der Waals surface area contributed by atoms with E-state index in [9.17, 15) is 4.79 Å². The molecule has 5 heteroatoms. The molecule has 0 aliphatic carbocycles. The van der Waals surface area contributed by atoms with Crippen LogP contribution in [-0.4, -0.2) is 19.6 Å². The lowest BCUT2D eigenvalue weighted by Crippen LogP contribution is -2.32. The van der Waals surface area contributed by atoms with Crippen molar-refractivity contribution < 1.29 is 14.3 Å². The molecular formula is C18H18BrNO3. The first kappa shape index (κ1) is 15.9. The Labute approximate surface area is 143 Å². The van der Waals surface area contributed by atoms with Crippen LogP contribution in [0.5, 0.6) is 11.5 Å². The lowest BCUT2D eigenvalue weighted by Gasteiger charge is -2.27. The van der Waals surface area contributed by atoms with Crippen LogP contribution in [0.25, 0.3) is 0 Å². The van der Waals surface area contributed by atoms with Gasteiger partial charge in [-0.1, -0.05) is 22.0 Å². The number of amides is 1. The number of halogens is 1. The van der Waals surface area contributed by atoms with Gasteiger partial charge < -0.3 is 14.8 Å². The Morgan fingerprint density at radius 1 is 1.30 bits per heavy atom. The van der Waals surface area contributed by atoms with Crippen molar-refractivity contribution >= 4 is 21.8 Å². The Kier molecular flexibility index (Phi) is 4.57. The third-order valence-electron chi connectivity index (χ3n) is 3.99. The summed E-state index contributed by atoms with van der Waals surface area (Å²) in [5.74, 6) is 1.43. The summed E-state index contributed by atoms with van der Waals surface area (Å²) in [7, 11) is 1.61. The number of aryl methyl sites for hydroxylation is 1. The van der Waals surface area contributed by atoms with Crippen molar-refractivity contribution in [3.63, 3.8) is 0 Å². The molecule has 1 aliphatic rings. The molecule has 1 unspecified atom stereocenters. The van der Waals surface area contributed by atoms with Crippen LogP contribution in [0.1, 0.15) is 33.9 Å². The van der Waals surface area contributed by atoms with Crippen LogP contribution in [-0.2, 0) is 0 Å². The highest BCUT2D eigenvalue weighted by molar-refractivity contribution is 9.10. The summed E-state index contributed by atoms with van der Waals surface area (Å²) < 4.78 is 11.9. The van der Waals surface area contributed by atoms with Gasteiger partial charge in [0.25, 0.3) is 5.91 Å². The first-order chi connectivity index (χ1) is 11.1. The second-order valence-electron chi connectivity index (χ2n) is 5.53. The number of methoxy groups -OCH3 is 1. The second kappa shape index (κ2) is 6.62. The standard InChI is InChI=1S/C18H18BrNO3/c1-11-3-4-12(9-17(11)22-2)18(21)20-15-7-8-23-16-6-5-13(19)10-14(15)16/h3-6,9-10,15H,7-8H2,1-2H3,(H,20,21). The van der Waals surface area contributed by atoms with Crippen molar-refractivity contribution in [1.29, 1.82) is 0 Å². The zero-order valence-electron chi connectivity index (χ0n) is 13.1. The number of hydrogen-bond donors (Lipinski definition) is 1. The highest BCUT2D eigenvalue weighted by atomic mass is 79.9. The molecule has 2 aromatic carbocycles. The second-order valence-corrected chi connectivity index (χ2v) is 6.45. The van der Waals surface area contributed by atoms with Gasteiger partial charge in [-0.05, 0) is 42.8 Å². The van der Waals surface area contributed by atoms with Gasteiger partial charge in [0.1, 0.15) is 11.5 Å². The molecule has 0 fully saturated rings. The number of carbonyl (C=O) groups is 1. The van der Waals surface area contributed by atoms with Crippen molar-refractivity contribution in [3.05, 3.63) is 57.6 Å². The molecule has 0 aromatic heterocycles. The maximum absolute atomic E-state index is 12.6. The first-order valence-corrected chi connectivity index (χ1v) is 8.25. The van der Waals surface area contributed by atoms with E-state index in [1.807, 2.05) is 37.3 Å². The van der Waals surface area contributed by atoms with Gasteiger partial charge >= 0.3 is 0 Å². The fraction of sp³-hybridized carbons (Fsp3) is 0.278. The van der Waals surface area contributed by atoms with Crippen molar-refractivity contribution in [2.45, 2.75) is 19.4 Å². The quantitative estimate of drug-likeness (QED) is 0.880. The molecular weight excluding hydrogens is 358 g/mol. The van der Waals surface area contributed by atoms with Crippen LogP contribution >= 0.6 is 15.9 Å². The fourth-order valence-corrected chi connectivity index (χ4v) is 3.10. The Balaban J connectivity index is 1.83. The van der Waals surface area contributed by atoms with E-state index in [0.717, 1.165) is 27.8 Å². The molecule has 0 saturated heterocycles. The van der Waals surface area contributed by atoms with Crippen molar-refractivity contribution in [3.8, 4) is 11.5 Å². The topological polar surface area (TPSA) is 47.6 Å². The number of nitrogens with one attached hydrogen (secondary N) is 1. The molecule has 0 saturated carbocycles. The molecule has 2 aromatic rings. The van der Waals surface area contributed by atoms with Gasteiger partial charge in [0, 0.05) is 22.0 Å². The Morgan fingerprint density at radius 2 is 2.13 bits per heavy atom. The Hall–Kier alpha value is -2.01. The predicted molar refractivity (Wildman–Crippen MR) is 92.2 cm³/mol. The normalized spacial score (nSPS) is 16.2. The summed E-state index contributed by atoms with van der Waals surface area (Å²) in [4.78, 5) is 12.6. The number of rotatable bonds is 3. The fourth-order valence-electron chi connectivity index (χ4n) is 2.72. The number of ether oxygens (including phenoxy) is 2. The molecule has 3 rings (SSSR count). The summed E-state index contributed by atoms with van der Waals surface area (Å²) in [6, 6.07) is 11.3. The molecule has 4 nitrogen and oxygen atoms in total. The largest absolute Gasteiger partial charge is 0.496 e. The van der Waals surface area contributed by atoms with E-state index in [-0.39, 0.29) is 11.9 Å². The van der Waals surface area contributed by atoms with E-state index in [1.54, 1.807) is 13.2 Å². The number of fused-ring (bicyclic) bond motifs is 1. The van der Waals surface area contributed by atoms with Crippen LogP contribution in [0.2, 0.25) is 0 Å². The Morgan fingerprint density at radius 3 is 2.91 bits per heavy atom. The minimum atomic E-state index is -0.110. The Bertz CT molecular complexity index is 745. The lowest BCUT2D eigenvalue weighted by molar-refractivity contribution is 0.0924. The van der Waals surface area contributed by atoms with E-state index in [0.29, 0.717) is 17.9 Å². The van der Waals surface area contributed by atoms with E-state index in [1.165, 1.54) is 0 Å². The van der Waals surface area contributed by atoms with Crippen LogP contribution in [0.15, 0.2) is 40.9 Å². The highest BCUT2D eigenvalue weighted by Crippen LogP contribution is 2.34. The van der Waals surface area contributed by atoms with Gasteiger partial charge in [-0.15, -0.1) is 0 Å². The van der Waals surface area contributed by atoms with E-state index < -0.39 is 0 Å². The van der Waals surface area contributed by atoms with Gasteiger partial charge in [-0.3, -0.25) is 4.79 Å². The van der Waals surface area contributed by atoms with Gasteiger partial charge in [0.2, 0.25) is 0 Å². The number of hydrogen-bond acceptors (Lipinski definition) is 3. The molecule has 1 aliphatic heterocycles. The maximum atomic E-state index is 12.6.